The maximum absolute atomic E-state index is 13.7. The fraction of sp³-hybridized carbons (Fsp3) is 0.312. The van der Waals surface area contributed by atoms with Crippen molar-refractivity contribution in [1.29, 1.82) is 0 Å². The Kier molecular flexibility index (Phi) is 12.7. The molecule has 0 radical (unpaired) electrons. The Bertz CT molecular complexity index is 2510. The van der Waals surface area contributed by atoms with Crippen LogP contribution in [0, 0.1) is 20.8 Å². The van der Waals surface area contributed by atoms with E-state index < -0.39 is 33.7 Å². The van der Waals surface area contributed by atoms with Crippen LogP contribution in [0.2, 0.25) is 0 Å². The van der Waals surface area contributed by atoms with Crippen LogP contribution in [0.4, 0.5) is 4.79 Å². The first-order valence-electron chi connectivity index (χ1n) is 20.4. The zero-order valence-electron chi connectivity index (χ0n) is 35.1. The number of carbonyl (C=O) groups is 2. The summed E-state index contributed by atoms with van der Waals surface area (Å²) in [6.45, 7) is 9.81. The van der Waals surface area contributed by atoms with Crippen LogP contribution in [0.25, 0.3) is 11.1 Å². The van der Waals surface area contributed by atoms with Crippen molar-refractivity contribution in [3.05, 3.63) is 148 Å². The number of nitrogens with zero attached hydrogens (tertiary/aromatic N) is 1. The average molecular weight is 845 g/mol. The fourth-order valence-electron chi connectivity index (χ4n) is 8.07. The van der Waals surface area contributed by atoms with E-state index >= 15 is 0 Å². The Morgan fingerprint density at radius 1 is 0.820 bits per heavy atom. The van der Waals surface area contributed by atoms with Crippen LogP contribution in [-0.4, -0.2) is 51.2 Å². The van der Waals surface area contributed by atoms with Crippen molar-refractivity contribution in [3.63, 3.8) is 0 Å². The number of esters is 1. The van der Waals surface area contributed by atoms with Crippen LogP contribution < -0.4 is 25.2 Å². The third kappa shape index (κ3) is 9.84. The second-order valence-corrected chi connectivity index (χ2v) is 17.7. The highest BCUT2D eigenvalue weighted by molar-refractivity contribution is 7.90. The molecular formula is C48H52N4O8S. The number of alkyl carbamates (subject to hydrolysis) is 1. The van der Waals surface area contributed by atoms with Gasteiger partial charge in [-0.3, -0.25) is 4.99 Å². The molecular weight excluding hydrogens is 793 g/mol. The number of fused-ring (bicyclic) bond motifs is 4. The van der Waals surface area contributed by atoms with Gasteiger partial charge in [0.25, 0.3) is 10.0 Å². The van der Waals surface area contributed by atoms with Gasteiger partial charge in [0.05, 0.1) is 4.90 Å². The van der Waals surface area contributed by atoms with Gasteiger partial charge in [0, 0.05) is 24.4 Å². The van der Waals surface area contributed by atoms with E-state index in [1.54, 1.807) is 26.0 Å². The third-order valence-corrected chi connectivity index (χ3v) is 12.8. The van der Waals surface area contributed by atoms with Gasteiger partial charge in [0.1, 0.15) is 43.0 Å². The number of hydrogen-bond donors (Lipinski definition) is 3. The predicted octanol–water partition coefficient (Wildman–Crippen LogP) is 7.93. The van der Waals surface area contributed by atoms with Crippen molar-refractivity contribution in [2.24, 2.45) is 10.7 Å². The topological polar surface area (TPSA) is 168 Å². The van der Waals surface area contributed by atoms with Gasteiger partial charge in [-0.1, -0.05) is 91.0 Å². The summed E-state index contributed by atoms with van der Waals surface area (Å²) in [5.41, 5.74) is 14.6. The lowest BCUT2D eigenvalue weighted by atomic mass is 9.94. The number of hydrogen-bond acceptors (Lipinski definition) is 9. The summed E-state index contributed by atoms with van der Waals surface area (Å²) in [5.74, 6) is 0.260. The van der Waals surface area contributed by atoms with Crippen molar-refractivity contribution < 1.29 is 37.0 Å². The number of benzene rings is 5. The number of aliphatic imine (C=N–C) groups is 1. The summed E-state index contributed by atoms with van der Waals surface area (Å²) in [5, 5.41) is 2.70. The van der Waals surface area contributed by atoms with Crippen molar-refractivity contribution in [2.45, 2.75) is 89.6 Å². The van der Waals surface area contributed by atoms with Gasteiger partial charge in [-0.25, -0.2) is 22.7 Å². The molecule has 1 heterocycles. The van der Waals surface area contributed by atoms with Crippen LogP contribution in [0.15, 0.2) is 113 Å². The first kappa shape index (κ1) is 42.8. The first-order chi connectivity index (χ1) is 29.2. The Hall–Kier alpha value is -6.34. The molecule has 7 rings (SSSR count). The number of guanidine groups is 1. The van der Waals surface area contributed by atoms with Gasteiger partial charge in [-0.15, -0.1) is 0 Å². The van der Waals surface area contributed by atoms with Crippen molar-refractivity contribution in [3.8, 4) is 22.6 Å². The highest BCUT2D eigenvalue weighted by Crippen LogP contribution is 2.45. The Morgan fingerprint density at radius 2 is 1.44 bits per heavy atom. The molecule has 5 aromatic rings. The van der Waals surface area contributed by atoms with Crippen LogP contribution in [0.1, 0.15) is 77.1 Å². The molecule has 318 valence electrons. The summed E-state index contributed by atoms with van der Waals surface area (Å²) >= 11 is 0. The lowest BCUT2D eigenvalue weighted by Gasteiger charge is -2.19. The van der Waals surface area contributed by atoms with E-state index in [1.165, 1.54) is 0 Å². The zero-order valence-corrected chi connectivity index (χ0v) is 35.9. The number of sulfonamides is 1. The second-order valence-electron chi connectivity index (χ2n) is 16.1. The Balaban J connectivity index is 0.989. The molecule has 12 nitrogen and oxygen atoms in total. The molecule has 2 aliphatic rings. The van der Waals surface area contributed by atoms with Crippen molar-refractivity contribution in [1.82, 2.24) is 10.0 Å². The van der Waals surface area contributed by atoms with Gasteiger partial charge in [-0.05, 0) is 110 Å². The molecule has 1 amide bonds. The van der Waals surface area contributed by atoms with Crippen LogP contribution in [-0.2, 0) is 43.9 Å². The molecule has 0 saturated heterocycles. The fourth-order valence-corrected chi connectivity index (χ4v) is 9.60. The number of nitrogens with two attached hydrogens (primary N) is 1. The number of rotatable bonds is 15. The number of amides is 1. The predicted molar refractivity (Wildman–Crippen MR) is 234 cm³/mol. The summed E-state index contributed by atoms with van der Waals surface area (Å²) in [4.78, 5) is 31.3. The quantitative estimate of drug-likeness (QED) is 0.0410. The van der Waals surface area contributed by atoms with Crippen LogP contribution in [0.3, 0.4) is 0 Å². The largest absolute Gasteiger partial charge is 0.489 e. The molecule has 1 aliphatic heterocycles. The standard InChI is InChI=1S/C48H52N4O8S/c1-30-31(2)44(32(3)40-26-48(4,5)60-43(30)40)61(55,56)52-46(49)50-25-13-20-42(45(53)58-28-34-21-23-35(24-22-34)57-27-33-14-7-6-8-15-33)51-47(54)59-29-41-38-18-11-9-16-36(38)37-17-10-12-19-39(37)41/h6-12,14-19,21-24,41-42H,13,20,25-29H2,1-5H3,(H,51,54)(H3,49,50,52)/t42-/m0/s1. The molecule has 0 bridgehead atoms. The third-order valence-electron chi connectivity index (χ3n) is 11.2. The van der Waals surface area contributed by atoms with E-state index in [-0.39, 0.29) is 49.4 Å². The van der Waals surface area contributed by atoms with Crippen molar-refractivity contribution >= 4 is 28.0 Å². The van der Waals surface area contributed by atoms with Crippen LogP contribution >= 0.6 is 0 Å². The van der Waals surface area contributed by atoms with E-state index in [1.807, 2.05) is 99.6 Å². The van der Waals surface area contributed by atoms with Gasteiger partial charge >= 0.3 is 12.1 Å². The van der Waals surface area contributed by atoms with E-state index in [0.717, 1.165) is 50.3 Å². The summed E-state index contributed by atoms with van der Waals surface area (Å²) < 4.78 is 53.3. The van der Waals surface area contributed by atoms with E-state index in [4.69, 9.17) is 24.7 Å². The molecule has 0 unspecified atom stereocenters. The normalized spacial score (nSPS) is 14.5. The van der Waals surface area contributed by atoms with Crippen molar-refractivity contribution in [2.75, 3.05) is 13.2 Å². The van der Waals surface area contributed by atoms with Gasteiger partial charge in [0.15, 0.2) is 0 Å². The first-order valence-corrected chi connectivity index (χ1v) is 21.9. The molecule has 13 heteroatoms. The summed E-state index contributed by atoms with van der Waals surface area (Å²) in [6, 6.07) is 32.0. The molecule has 5 aromatic carbocycles. The Labute approximate surface area is 357 Å². The highest BCUT2D eigenvalue weighted by atomic mass is 32.2. The van der Waals surface area contributed by atoms with E-state index in [2.05, 4.69) is 27.2 Å². The maximum Gasteiger partial charge on any atom is 0.407 e. The lowest BCUT2D eigenvalue weighted by Crippen LogP contribution is -2.42. The molecule has 61 heavy (non-hydrogen) atoms. The molecule has 1 aliphatic carbocycles. The number of carbonyl (C=O) groups excluding carboxylic acids is 2. The summed E-state index contributed by atoms with van der Waals surface area (Å²) in [7, 11) is -4.11. The minimum Gasteiger partial charge on any atom is -0.489 e. The zero-order chi connectivity index (χ0) is 43.3. The maximum atomic E-state index is 13.7. The Morgan fingerprint density at radius 3 is 2.11 bits per heavy atom. The molecule has 0 spiro atoms. The molecule has 0 saturated carbocycles. The molecule has 0 fully saturated rings. The summed E-state index contributed by atoms with van der Waals surface area (Å²) in [6.07, 6.45) is 0.160. The van der Waals surface area contributed by atoms with Gasteiger partial charge in [0.2, 0.25) is 5.96 Å². The molecule has 0 aromatic heterocycles. The SMILES string of the molecule is Cc1c(C)c(S(=O)(=O)NC(N)=NCCC[C@H](NC(=O)OCC2c3ccccc3-c3ccccc32)C(=O)OCc2ccc(OCc3ccccc3)cc2)c(C)c2c1OC(C)(C)C2. The van der Waals surface area contributed by atoms with Crippen LogP contribution in [0.5, 0.6) is 11.5 Å². The van der Waals surface area contributed by atoms with E-state index in [9.17, 15) is 18.0 Å². The number of nitrogens with one attached hydrogen (secondary N) is 2. The minimum atomic E-state index is -4.11. The highest BCUT2D eigenvalue weighted by Gasteiger charge is 2.37. The number of ether oxygens (including phenoxy) is 4. The average Bonchev–Trinajstić information content (AvgIpc) is 3.75. The lowest BCUT2D eigenvalue weighted by molar-refractivity contribution is -0.147. The smallest absolute Gasteiger partial charge is 0.407 e. The van der Waals surface area contributed by atoms with Gasteiger partial charge < -0.3 is 30.0 Å². The monoisotopic (exact) mass is 844 g/mol. The van der Waals surface area contributed by atoms with Gasteiger partial charge in [-0.2, -0.15) is 0 Å². The molecule has 4 N–H and O–H groups in total. The van der Waals surface area contributed by atoms with E-state index in [0.29, 0.717) is 29.9 Å². The minimum absolute atomic E-state index is 0.0435. The second kappa shape index (κ2) is 18.1. The molecule has 1 atom stereocenters.